The van der Waals surface area contributed by atoms with E-state index in [-0.39, 0.29) is 0 Å². The van der Waals surface area contributed by atoms with Crippen LogP contribution in [-0.4, -0.2) is 4.57 Å². The van der Waals surface area contributed by atoms with Crippen molar-refractivity contribution in [2.75, 3.05) is 4.90 Å². The van der Waals surface area contributed by atoms with Crippen LogP contribution in [0, 0.1) is 3.95 Å². The molecule has 0 aliphatic heterocycles. The molecular formula is C24H18N2S2. The Morgan fingerprint density at radius 3 is 2.36 bits per heavy atom. The fourth-order valence-corrected chi connectivity index (χ4v) is 4.95. The van der Waals surface area contributed by atoms with Gasteiger partial charge in [-0.15, -0.1) is 11.3 Å². The van der Waals surface area contributed by atoms with E-state index in [0.29, 0.717) is 6.67 Å². The highest BCUT2D eigenvalue weighted by Crippen LogP contribution is 2.34. The zero-order chi connectivity index (χ0) is 18.9. The van der Waals surface area contributed by atoms with E-state index in [0.717, 1.165) is 9.64 Å². The largest absolute Gasteiger partial charge is 0.322 e. The van der Waals surface area contributed by atoms with E-state index in [1.54, 1.807) is 11.3 Å². The second-order valence-corrected chi connectivity index (χ2v) is 8.34. The van der Waals surface area contributed by atoms with E-state index < -0.39 is 0 Å². The van der Waals surface area contributed by atoms with Crippen molar-refractivity contribution in [1.82, 2.24) is 4.57 Å². The number of anilines is 2. The van der Waals surface area contributed by atoms with Crippen LogP contribution in [0.5, 0.6) is 0 Å². The molecule has 0 amide bonds. The minimum absolute atomic E-state index is 0.668. The van der Waals surface area contributed by atoms with Gasteiger partial charge in [-0.1, -0.05) is 66.7 Å². The molecule has 0 radical (unpaired) electrons. The Labute approximate surface area is 172 Å². The number of aromatic nitrogens is 1. The summed E-state index contributed by atoms with van der Waals surface area (Å²) in [4.78, 5) is 2.34. The molecule has 0 saturated carbocycles. The van der Waals surface area contributed by atoms with E-state index in [4.69, 9.17) is 12.2 Å². The number of benzene rings is 4. The van der Waals surface area contributed by atoms with Gasteiger partial charge < -0.3 is 9.47 Å². The van der Waals surface area contributed by atoms with Crippen LogP contribution in [0.25, 0.3) is 21.0 Å². The maximum atomic E-state index is 5.72. The lowest BCUT2D eigenvalue weighted by molar-refractivity contribution is 0.733. The van der Waals surface area contributed by atoms with Gasteiger partial charge in [0.2, 0.25) is 0 Å². The first-order chi connectivity index (χ1) is 13.8. The van der Waals surface area contributed by atoms with Crippen molar-refractivity contribution >= 4 is 55.9 Å². The van der Waals surface area contributed by atoms with Gasteiger partial charge in [-0.2, -0.15) is 0 Å². The highest BCUT2D eigenvalue weighted by molar-refractivity contribution is 7.73. The summed E-state index contributed by atoms with van der Waals surface area (Å²) in [7, 11) is 0. The van der Waals surface area contributed by atoms with E-state index in [9.17, 15) is 0 Å². The normalized spacial score (nSPS) is 11.1. The second kappa shape index (κ2) is 7.23. The number of hydrogen-bond donors (Lipinski definition) is 0. The molecule has 1 heterocycles. The van der Waals surface area contributed by atoms with Crippen molar-refractivity contribution in [3.05, 3.63) is 101 Å². The third-order valence-electron chi connectivity index (χ3n) is 4.98. The fourth-order valence-electron chi connectivity index (χ4n) is 3.64. The molecule has 4 aromatic carbocycles. The van der Waals surface area contributed by atoms with Gasteiger partial charge in [-0.05, 0) is 47.9 Å². The molecule has 0 atom stereocenters. The predicted molar refractivity (Wildman–Crippen MR) is 123 cm³/mol. The summed E-state index contributed by atoms with van der Waals surface area (Å²) in [6, 6.07) is 33.9. The van der Waals surface area contributed by atoms with E-state index >= 15 is 0 Å². The molecule has 0 aliphatic carbocycles. The van der Waals surface area contributed by atoms with Crippen LogP contribution in [-0.2, 0) is 6.67 Å². The molecule has 0 bridgehead atoms. The quantitative estimate of drug-likeness (QED) is 0.292. The van der Waals surface area contributed by atoms with Crippen LogP contribution in [0.4, 0.5) is 11.4 Å². The van der Waals surface area contributed by atoms with Gasteiger partial charge in [-0.3, -0.25) is 0 Å². The zero-order valence-electron chi connectivity index (χ0n) is 15.2. The molecule has 0 N–H and O–H groups in total. The molecule has 0 aliphatic rings. The predicted octanol–water partition coefficient (Wildman–Crippen LogP) is 7.38. The van der Waals surface area contributed by atoms with E-state index in [1.165, 1.54) is 26.7 Å². The smallest absolute Gasteiger partial charge is 0.163 e. The van der Waals surface area contributed by atoms with Crippen molar-refractivity contribution in [3.8, 4) is 0 Å². The number of hydrogen-bond acceptors (Lipinski definition) is 3. The number of rotatable bonds is 4. The molecule has 1 aromatic heterocycles. The minimum atomic E-state index is 0.668. The summed E-state index contributed by atoms with van der Waals surface area (Å²) in [6.45, 7) is 0.668. The van der Waals surface area contributed by atoms with Crippen LogP contribution in [0.2, 0.25) is 0 Å². The maximum absolute atomic E-state index is 5.72. The lowest BCUT2D eigenvalue weighted by Crippen LogP contribution is -2.21. The number of thiazole rings is 1. The van der Waals surface area contributed by atoms with Gasteiger partial charge in [0, 0.05) is 11.1 Å². The summed E-state index contributed by atoms with van der Waals surface area (Å²) < 4.78 is 4.34. The highest BCUT2D eigenvalue weighted by Gasteiger charge is 2.15. The first-order valence-corrected chi connectivity index (χ1v) is 10.4. The Morgan fingerprint density at radius 2 is 1.46 bits per heavy atom. The molecular weight excluding hydrogens is 380 g/mol. The Kier molecular flexibility index (Phi) is 4.43. The van der Waals surface area contributed by atoms with Gasteiger partial charge in [-0.25, -0.2) is 0 Å². The van der Waals surface area contributed by atoms with Crippen molar-refractivity contribution in [1.29, 1.82) is 0 Å². The lowest BCUT2D eigenvalue weighted by atomic mass is 10.1. The molecule has 0 spiro atoms. The van der Waals surface area contributed by atoms with Crippen molar-refractivity contribution in [2.45, 2.75) is 6.67 Å². The Bertz CT molecular complexity index is 1310. The molecule has 136 valence electrons. The summed E-state index contributed by atoms with van der Waals surface area (Å²) in [5.74, 6) is 0. The molecule has 0 unspecified atom stereocenters. The lowest BCUT2D eigenvalue weighted by Gasteiger charge is -2.27. The molecule has 2 nitrogen and oxygen atoms in total. The summed E-state index contributed by atoms with van der Waals surface area (Å²) in [6.07, 6.45) is 0. The van der Waals surface area contributed by atoms with E-state index in [2.05, 4.69) is 107 Å². The molecule has 5 aromatic rings. The summed E-state index contributed by atoms with van der Waals surface area (Å²) in [5, 5.41) is 2.47. The van der Waals surface area contributed by atoms with E-state index in [1.807, 2.05) is 0 Å². The average Bonchev–Trinajstić information content (AvgIpc) is 3.07. The van der Waals surface area contributed by atoms with Gasteiger partial charge >= 0.3 is 0 Å². The number of fused-ring (bicyclic) bond motifs is 2. The average molecular weight is 399 g/mol. The van der Waals surface area contributed by atoms with Gasteiger partial charge in [0.25, 0.3) is 0 Å². The molecule has 5 rings (SSSR count). The van der Waals surface area contributed by atoms with Crippen LogP contribution in [0.15, 0.2) is 97.1 Å². The standard InChI is InChI=1S/C24H18N2S2/c27-24-26(22-14-6-7-16-23(22)28-24)17-25(19-11-2-1-3-12-19)21-15-8-10-18-9-4-5-13-20(18)21/h1-16H,17H2. The van der Waals surface area contributed by atoms with Gasteiger partial charge in [0.05, 0.1) is 15.9 Å². The Hall–Kier alpha value is -2.95. The summed E-state index contributed by atoms with van der Waals surface area (Å²) >= 11 is 7.39. The van der Waals surface area contributed by atoms with Crippen LogP contribution < -0.4 is 4.90 Å². The third-order valence-corrected chi connectivity index (χ3v) is 6.41. The Balaban J connectivity index is 1.71. The molecule has 28 heavy (non-hydrogen) atoms. The SMILES string of the molecule is S=c1sc2ccccc2n1CN(c1ccccc1)c1cccc2ccccc12. The van der Waals surface area contributed by atoms with Crippen molar-refractivity contribution < 1.29 is 0 Å². The Morgan fingerprint density at radius 1 is 0.750 bits per heavy atom. The molecule has 0 fully saturated rings. The third kappa shape index (κ3) is 3.01. The van der Waals surface area contributed by atoms with Crippen molar-refractivity contribution in [3.63, 3.8) is 0 Å². The maximum Gasteiger partial charge on any atom is 0.163 e. The number of nitrogens with zero attached hydrogens (tertiary/aromatic N) is 2. The first-order valence-electron chi connectivity index (χ1n) is 9.20. The monoisotopic (exact) mass is 398 g/mol. The zero-order valence-corrected chi connectivity index (χ0v) is 16.8. The molecule has 0 saturated heterocycles. The van der Waals surface area contributed by atoms with Gasteiger partial charge in [0.15, 0.2) is 3.95 Å². The minimum Gasteiger partial charge on any atom is -0.322 e. The van der Waals surface area contributed by atoms with Crippen LogP contribution in [0.1, 0.15) is 0 Å². The van der Waals surface area contributed by atoms with Crippen LogP contribution in [0.3, 0.4) is 0 Å². The van der Waals surface area contributed by atoms with Crippen LogP contribution >= 0.6 is 23.6 Å². The fraction of sp³-hybridized carbons (Fsp3) is 0.0417. The van der Waals surface area contributed by atoms with Gasteiger partial charge in [0.1, 0.15) is 6.67 Å². The summed E-state index contributed by atoms with van der Waals surface area (Å²) in [5.41, 5.74) is 3.51. The van der Waals surface area contributed by atoms with Crippen molar-refractivity contribution in [2.24, 2.45) is 0 Å². The number of para-hydroxylation sites is 2. The topological polar surface area (TPSA) is 8.17 Å². The molecule has 4 heteroatoms. The highest BCUT2D eigenvalue weighted by atomic mass is 32.1. The second-order valence-electron chi connectivity index (χ2n) is 6.67. The first kappa shape index (κ1) is 17.2.